The quantitative estimate of drug-likeness (QED) is 0.500. The first-order valence-corrected chi connectivity index (χ1v) is 9.42. The van der Waals surface area contributed by atoms with Crippen LogP contribution in [-0.2, 0) is 0 Å². The second-order valence-corrected chi connectivity index (χ2v) is 7.09. The van der Waals surface area contributed by atoms with Crippen LogP contribution in [0, 0.1) is 0 Å². The van der Waals surface area contributed by atoms with Gasteiger partial charge in [-0.15, -0.1) is 24.2 Å². The van der Waals surface area contributed by atoms with Crippen molar-refractivity contribution in [3.8, 4) is 0 Å². The van der Waals surface area contributed by atoms with Gasteiger partial charge in [-0.25, -0.2) is 4.99 Å². The molecular formula is C18H21Cl2N5S. The number of nitrogens with one attached hydrogen (secondary N) is 2. The second-order valence-electron chi connectivity index (χ2n) is 5.48. The average molecular weight is 410 g/mol. The number of rotatable bonds is 6. The predicted octanol–water partition coefficient (Wildman–Crippen LogP) is 3.81. The number of benzene rings is 2. The van der Waals surface area contributed by atoms with Crippen LogP contribution in [0.4, 0.5) is 0 Å². The van der Waals surface area contributed by atoms with Gasteiger partial charge in [-0.2, -0.15) is 0 Å². The smallest absolute Gasteiger partial charge is 0.200 e. The van der Waals surface area contributed by atoms with Gasteiger partial charge in [-0.1, -0.05) is 41.9 Å². The van der Waals surface area contributed by atoms with Crippen LogP contribution < -0.4 is 16.4 Å². The Morgan fingerprint density at radius 1 is 1.12 bits per heavy atom. The summed E-state index contributed by atoms with van der Waals surface area (Å²) in [6.07, 6.45) is 0.761. The summed E-state index contributed by atoms with van der Waals surface area (Å²) in [6.45, 7) is 0.713. The highest BCUT2D eigenvalue weighted by Gasteiger charge is 2.17. The predicted molar refractivity (Wildman–Crippen MR) is 113 cm³/mol. The molecule has 1 heterocycles. The summed E-state index contributed by atoms with van der Waals surface area (Å²) in [5, 5.41) is 7.00. The van der Waals surface area contributed by atoms with Crippen molar-refractivity contribution in [2.24, 2.45) is 15.7 Å². The summed E-state index contributed by atoms with van der Waals surface area (Å²) in [7, 11) is 0. The monoisotopic (exact) mass is 409 g/mol. The Morgan fingerprint density at radius 2 is 1.85 bits per heavy atom. The van der Waals surface area contributed by atoms with E-state index >= 15 is 0 Å². The molecule has 3 rings (SSSR count). The molecule has 8 heteroatoms. The molecule has 0 saturated carbocycles. The fourth-order valence-electron chi connectivity index (χ4n) is 2.35. The highest BCUT2D eigenvalue weighted by Crippen LogP contribution is 2.21. The van der Waals surface area contributed by atoms with E-state index in [4.69, 9.17) is 17.3 Å². The summed E-state index contributed by atoms with van der Waals surface area (Å²) >= 11 is 7.69. The molecule has 1 unspecified atom stereocenters. The minimum Gasteiger partial charge on any atom is -0.370 e. The van der Waals surface area contributed by atoms with Gasteiger partial charge in [-0.05, 0) is 42.0 Å². The van der Waals surface area contributed by atoms with E-state index < -0.39 is 0 Å². The number of aliphatic imine (C=N–C) groups is 2. The number of thioether (sulfide) groups is 1. The SMILES string of the molecule is Cl.NC1=NC(c2ccccc2)NC(=NCCCSc2ccc(Cl)cc2)N1. The lowest BCUT2D eigenvalue weighted by Crippen LogP contribution is -2.50. The van der Waals surface area contributed by atoms with Crippen LogP contribution in [0.25, 0.3) is 0 Å². The van der Waals surface area contributed by atoms with E-state index in [0.29, 0.717) is 18.5 Å². The normalized spacial score (nSPS) is 17.7. The molecule has 0 radical (unpaired) electrons. The molecule has 2 aromatic carbocycles. The first-order valence-electron chi connectivity index (χ1n) is 8.05. The standard InChI is InChI=1S/C18H20ClN5S.ClH/c19-14-7-9-15(10-8-14)25-12-4-11-21-18-23-16(22-17(20)24-18)13-5-2-1-3-6-13;/h1-3,5-10,16H,4,11-12H2,(H4,20,21,22,23,24);1H. The Balaban J connectivity index is 0.00000243. The van der Waals surface area contributed by atoms with Crippen molar-refractivity contribution >= 4 is 47.7 Å². The second kappa shape index (κ2) is 10.3. The van der Waals surface area contributed by atoms with Gasteiger partial charge in [0.15, 0.2) is 18.1 Å². The summed E-state index contributed by atoms with van der Waals surface area (Å²) in [6, 6.07) is 17.9. The first kappa shape index (κ1) is 20.4. The highest BCUT2D eigenvalue weighted by atomic mass is 35.5. The molecule has 1 aliphatic heterocycles. The van der Waals surface area contributed by atoms with Gasteiger partial charge in [-0.3, -0.25) is 10.3 Å². The summed E-state index contributed by atoms with van der Waals surface area (Å²) in [5.41, 5.74) is 6.93. The van der Waals surface area contributed by atoms with Crippen molar-refractivity contribution in [3.05, 3.63) is 65.2 Å². The van der Waals surface area contributed by atoms with E-state index in [1.165, 1.54) is 4.90 Å². The van der Waals surface area contributed by atoms with Crippen LogP contribution in [0.15, 0.2) is 69.5 Å². The molecule has 2 aromatic rings. The number of hydrogen-bond acceptors (Lipinski definition) is 4. The van der Waals surface area contributed by atoms with E-state index in [9.17, 15) is 0 Å². The maximum absolute atomic E-state index is 5.89. The van der Waals surface area contributed by atoms with E-state index in [1.54, 1.807) is 11.8 Å². The number of halogens is 2. The van der Waals surface area contributed by atoms with E-state index in [1.807, 2.05) is 54.6 Å². The fraction of sp³-hybridized carbons (Fsp3) is 0.222. The maximum atomic E-state index is 5.89. The van der Waals surface area contributed by atoms with Crippen LogP contribution in [0.2, 0.25) is 5.02 Å². The Hall–Kier alpha value is -1.89. The lowest BCUT2D eigenvalue weighted by atomic mass is 10.2. The van der Waals surface area contributed by atoms with Gasteiger partial charge in [0, 0.05) is 16.5 Å². The zero-order valence-corrected chi connectivity index (χ0v) is 16.4. The van der Waals surface area contributed by atoms with Crippen molar-refractivity contribution in [1.29, 1.82) is 0 Å². The third kappa shape index (κ3) is 6.12. The highest BCUT2D eigenvalue weighted by molar-refractivity contribution is 7.99. The van der Waals surface area contributed by atoms with Crippen molar-refractivity contribution in [2.75, 3.05) is 12.3 Å². The molecule has 0 saturated heterocycles. The van der Waals surface area contributed by atoms with Crippen LogP contribution in [0.5, 0.6) is 0 Å². The Morgan fingerprint density at radius 3 is 2.58 bits per heavy atom. The van der Waals surface area contributed by atoms with E-state index in [2.05, 4.69) is 20.6 Å². The molecule has 0 aliphatic carbocycles. The molecule has 5 nitrogen and oxygen atoms in total. The fourth-order valence-corrected chi connectivity index (χ4v) is 3.31. The summed E-state index contributed by atoms with van der Waals surface area (Å²) < 4.78 is 0. The minimum absolute atomic E-state index is 0. The largest absolute Gasteiger partial charge is 0.370 e. The Labute approximate surface area is 168 Å². The summed E-state index contributed by atoms with van der Waals surface area (Å²) in [4.78, 5) is 10.1. The van der Waals surface area contributed by atoms with Crippen LogP contribution in [0.1, 0.15) is 18.2 Å². The van der Waals surface area contributed by atoms with Gasteiger partial charge >= 0.3 is 0 Å². The van der Waals surface area contributed by atoms with Gasteiger partial charge in [0.2, 0.25) is 0 Å². The molecule has 138 valence electrons. The third-order valence-electron chi connectivity index (χ3n) is 3.56. The minimum atomic E-state index is -0.204. The van der Waals surface area contributed by atoms with E-state index in [-0.39, 0.29) is 18.6 Å². The molecule has 0 spiro atoms. The van der Waals surface area contributed by atoms with Crippen molar-refractivity contribution in [1.82, 2.24) is 10.6 Å². The molecule has 0 aromatic heterocycles. The molecule has 1 atom stereocenters. The number of guanidine groups is 2. The average Bonchev–Trinajstić information content (AvgIpc) is 2.63. The summed E-state index contributed by atoms with van der Waals surface area (Å²) in [5.74, 6) is 2.03. The van der Waals surface area contributed by atoms with Gasteiger partial charge in [0.1, 0.15) is 0 Å². The Bertz CT molecular complexity index is 750. The molecule has 1 aliphatic rings. The number of nitrogens with two attached hydrogens (primary N) is 1. The lowest BCUT2D eigenvalue weighted by Gasteiger charge is -2.24. The molecule has 4 N–H and O–H groups in total. The van der Waals surface area contributed by atoms with Gasteiger partial charge in [0.25, 0.3) is 0 Å². The molecule has 0 bridgehead atoms. The van der Waals surface area contributed by atoms with Gasteiger partial charge in [0.05, 0.1) is 0 Å². The third-order valence-corrected chi connectivity index (χ3v) is 4.91. The lowest BCUT2D eigenvalue weighted by molar-refractivity contribution is 0.647. The molecule has 0 amide bonds. The maximum Gasteiger partial charge on any atom is 0.200 e. The molecule has 0 fully saturated rings. The molecule has 26 heavy (non-hydrogen) atoms. The zero-order chi connectivity index (χ0) is 17.5. The van der Waals surface area contributed by atoms with E-state index in [0.717, 1.165) is 22.8 Å². The van der Waals surface area contributed by atoms with Crippen LogP contribution in [0.3, 0.4) is 0 Å². The van der Waals surface area contributed by atoms with Crippen LogP contribution in [-0.4, -0.2) is 24.2 Å². The topological polar surface area (TPSA) is 74.8 Å². The van der Waals surface area contributed by atoms with Crippen molar-refractivity contribution in [2.45, 2.75) is 17.5 Å². The zero-order valence-electron chi connectivity index (χ0n) is 14.1. The number of nitrogens with zero attached hydrogens (tertiary/aromatic N) is 2. The van der Waals surface area contributed by atoms with Gasteiger partial charge < -0.3 is 11.1 Å². The van der Waals surface area contributed by atoms with Crippen LogP contribution >= 0.6 is 35.8 Å². The van der Waals surface area contributed by atoms with Crippen molar-refractivity contribution in [3.63, 3.8) is 0 Å². The Kier molecular flexibility index (Phi) is 8.09. The molecular weight excluding hydrogens is 389 g/mol. The number of hydrogen-bond donors (Lipinski definition) is 3. The first-order chi connectivity index (χ1) is 12.2. The van der Waals surface area contributed by atoms with Crippen molar-refractivity contribution < 1.29 is 0 Å².